The van der Waals surface area contributed by atoms with E-state index >= 15 is 0 Å². The Hall–Kier alpha value is -0.210. The highest BCUT2D eigenvalue weighted by molar-refractivity contribution is 7.86. The summed E-state index contributed by atoms with van der Waals surface area (Å²) in [6.07, 6.45) is -1.13. The SMILES string of the molecule is CC(OCC(O)CO)S(=O)(=O)O. The van der Waals surface area contributed by atoms with Crippen molar-refractivity contribution in [2.45, 2.75) is 18.5 Å². The molecule has 0 aromatic heterocycles. The largest absolute Gasteiger partial charge is 0.394 e. The molecule has 2 atom stereocenters. The van der Waals surface area contributed by atoms with E-state index in [0.29, 0.717) is 0 Å². The van der Waals surface area contributed by atoms with Crippen LogP contribution in [0.5, 0.6) is 0 Å². The zero-order valence-corrected chi connectivity index (χ0v) is 7.36. The molecule has 0 rings (SSSR count). The third kappa shape index (κ3) is 4.62. The minimum absolute atomic E-state index is 0.336. The molecule has 0 saturated carbocycles. The maximum Gasteiger partial charge on any atom is 0.291 e. The number of aliphatic hydroxyl groups is 2. The van der Waals surface area contributed by atoms with Crippen LogP contribution in [0.2, 0.25) is 0 Å². The standard InChI is InChI=1S/C5H12O6S/c1-4(12(8,9)10)11-3-5(7)2-6/h4-7H,2-3H2,1H3,(H,8,9,10). The van der Waals surface area contributed by atoms with Gasteiger partial charge in [-0.15, -0.1) is 0 Å². The Kier molecular flexibility index (Phi) is 4.64. The zero-order valence-electron chi connectivity index (χ0n) is 6.54. The molecule has 3 N–H and O–H groups in total. The number of rotatable bonds is 5. The molecular formula is C5H12O6S. The first-order chi connectivity index (χ1) is 5.38. The third-order valence-electron chi connectivity index (χ3n) is 1.15. The summed E-state index contributed by atoms with van der Waals surface area (Å²) in [5, 5.41) is 17.0. The van der Waals surface area contributed by atoms with Crippen LogP contribution in [0.25, 0.3) is 0 Å². The molecule has 74 valence electrons. The van der Waals surface area contributed by atoms with Gasteiger partial charge in [-0.3, -0.25) is 4.55 Å². The zero-order chi connectivity index (χ0) is 9.78. The summed E-state index contributed by atoms with van der Waals surface area (Å²) in [6, 6.07) is 0. The summed E-state index contributed by atoms with van der Waals surface area (Å²) in [5.41, 5.74) is -1.39. The van der Waals surface area contributed by atoms with Crippen molar-refractivity contribution in [2.24, 2.45) is 0 Å². The quantitative estimate of drug-likeness (QED) is 0.471. The molecule has 0 radical (unpaired) electrons. The van der Waals surface area contributed by atoms with Crippen molar-refractivity contribution in [3.05, 3.63) is 0 Å². The smallest absolute Gasteiger partial charge is 0.291 e. The molecule has 0 fully saturated rings. The maximum absolute atomic E-state index is 10.3. The molecule has 0 aliphatic carbocycles. The van der Waals surface area contributed by atoms with Crippen LogP contribution in [0.1, 0.15) is 6.92 Å². The topological polar surface area (TPSA) is 104 Å². The van der Waals surface area contributed by atoms with E-state index in [4.69, 9.17) is 14.8 Å². The second kappa shape index (κ2) is 4.73. The van der Waals surface area contributed by atoms with Gasteiger partial charge in [-0.1, -0.05) is 0 Å². The fourth-order valence-corrected chi connectivity index (χ4v) is 0.636. The number of ether oxygens (including phenoxy) is 1. The van der Waals surface area contributed by atoms with E-state index in [1.807, 2.05) is 0 Å². The van der Waals surface area contributed by atoms with Crippen LogP contribution in [0.3, 0.4) is 0 Å². The molecule has 2 unspecified atom stereocenters. The van der Waals surface area contributed by atoms with Gasteiger partial charge < -0.3 is 14.9 Å². The molecule has 0 aromatic rings. The molecule has 0 heterocycles. The molecule has 0 aliphatic heterocycles. The summed E-state index contributed by atoms with van der Waals surface area (Å²) in [5.74, 6) is 0. The Morgan fingerprint density at radius 2 is 2.00 bits per heavy atom. The van der Waals surface area contributed by atoms with Crippen LogP contribution >= 0.6 is 0 Å². The number of hydrogen-bond donors (Lipinski definition) is 3. The van der Waals surface area contributed by atoms with Gasteiger partial charge in [0.1, 0.15) is 6.10 Å². The average Bonchev–Trinajstić information content (AvgIpc) is 1.97. The third-order valence-corrected chi connectivity index (χ3v) is 2.13. The van der Waals surface area contributed by atoms with Crippen molar-refractivity contribution >= 4 is 10.1 Å². The van der Waals surface area contributed by atoms with Gasteiger partial charge in [-0.25, -0.2) is 0 Å². The van der Waals surface area contributed by atoms with Crippen LogP contribution in [-0.4, -0.2) is 47.9 Å². The summed E-state index contributed by atoms with van der Waals surface area (Å²) in [6.45, 7) is 0.273. The molecule has 0 amide bonds. The maximum atomic E-state index is 10.3. The summed E-state index contributed by atoms with van der Waals surface area (Å²) in [7, 11) is -4.22. The lowest BCUT2D eigenvalue weighted by Gasteiger charge is -2.12. The predicted molar refractivity (Wildman–Crippen MR) is 40.1 cm³/mol. The van der Waals surface area contributed by atoms with Crippen molar-refractivity contribution in [3.63, 3.8) is 0 Å². The fourth-order valence-electron chi connectivity index (χ4n) is 0.385. The summed E-state index contributed by atoms with van der Waals surface area (Å²) < 4.78 is 33.5. The van der Waals surface area contributed by atoms with Crippen molar-refractivity contribution in [1.82, 2.24) is 0 Å². The highest BCUT2D eigenvalue weighted by Gasteiger charge is 2.18. The second-order valence-electron chi connectivity index (χ2n) is 2.25. The lowest BCUT2D eigenvalue weighted by Crippen LogP contribution is -2.27. The Morgan fingerprint density at radius 1 is 1.50 bits per heavy atom. The molecular weight excluding hydrogens is 188 g/mol. The van der Waals surface area contributed by atoms with E-state index in [1.54, 1.807) is 0 Å². The Bertz CT molecular complexity index is 210. The van der Waals surface area contributed by atoms with Crippen molar-refractivity contribution < 1.29 is 27.9 Å². The Balaban J connectivity index is 3.80. The van der Waals surface area contributed by atoms with Gasteiger partial charge in [-0.05, 0) is 6.92 Å². The summed E-state index contributed by atoms with van der Waals surface area (Å²) in [4.78, 5) is 0. The van der Waals surface area contributed by atoms with Gasteiger partial charge in [0.2, 0.25) is 0 Å². The van der Waals surface area contributed by atoms with Gasteiger partial charge >= 0.3 is 0 Å². The Morgan fingerprint density at radius 3 is 2.33 bits per heavy atom. The highest BCUT2D eigenvalue weighted by atomic mass is 32.2. The van der Waals surface area contributed by atoms with E-state index < -0.39 is 28.3 Å². The van der Waals surface area contributed by atoms with Gasteiger partial charge in [0, 0.05) is 0 Å². The van der Waals surface area contributed by atoms with E-state index in [-0.39, 0.29) is 6.61 Å². The van der Waals surface area contributed by atoms with E-state index in [0.717, 1.165) is 6.92 Å². The molecule has 0 bridgehead atoms. The van der Waals surface area contributed by atoms with Crippen molar-refractivity contribution in [3.8, 4) is 0 Å². The first-order valence-corrected chi connectivity index (χ1v) is 4.75. The molecule has 0 aliphatic rings. The van der Waals surface area contributed by atoms with Crippen molar-refractivity contribution in [2.75, 3.05) is 13.2 Å². The van der Waals surface area contributed by atoms with Crippen LogP contribution in [0, 0.1) is 0 Å². The normalized spacial score (nSPS) is 17.3. The van der Waals surface area contributed by atoms with Crippen LogP contribution in [-0.2, 0) is 14.9 Å². The predicted octanol–water partition coefficient (Wildman–Crippen LogP) is -1.41. The highest BCUT2D eigenvalue weighted by Crippen LogP contribution is 1.99. The van der Waals surface area contributed by atoms with E-state index in [9.17, 15) is 8.42 Å². The first-order valence-electron chi connectivity index (χ1n) is 3.24. The van der Waals surface area contributed by atoms with Gasteiger partial charge in [-0.2, -0.15) is 8.42 Å². The lowest BCUT2D eigenvalue weighted by atomic mass is 10.4. The molecule has 0 saturated heterocycles. The molecule has 6 nitrogen and oxygen atoms in total. The van der Waals surface area contributed by atoms with E-state index in [1.165, 1.54) is 0 Å². The van der Waals surface area contributed by atoms with Gasteiger partial charge in [0.15, 0.2) is 5.44 Å². The fraction of sp³-hybridized carbons (Fsp3) is 1.00. The van der Waals surface area contributed by atoms with Gasteiger partial charge in [0.25, 0.3) is 10.1 Å². The van der Waals surface area contributed by atoms with Crippen LogP contribution in [0.4, 0.5) is 0 Å². The molecule has 0 aromatic carbocycles. The first kappa shape index (κ1) is 11.8. The number of aliphatic hydroxyl groups excluding tert-OH is 2. The molecule has 0 spiro atoms. The minimum atomic E-state index is -4.22. The van der Waals surface area contributed by atoms with Crippen LogP contribution < -0.4 is 0 Å². The van der Waals surface area contributed by atoms with Crippen LogP contribution in [0.15, 0.2) is 0 Å². The molecule has 12 heavy (non-hydrogen) atoms. The lowest BCUT2D eigenvalue weighted by molar-refractivity contribution is -0.00231. The Labute approximate surface area is 70.5 Å². The average molecular weight is 200 g/mol. The second-order valence-corrected chi connectivity index (χ2v) is 3.95. The van der Waals surface area contributed by atoms with Gasteiger partial charge in [0.05, 0.1) is 13.2 Å². The summed E-state index contributed by atoms with van der Waals surface area (Å²) >= 11 is 0. The monoisotopic (exact) mass is 200 g/mol. The number of hydrogen-bond acceptors (Lipinski definition) is 5. The molecule has 7 heteroatoms. The van der Waals surface area contributed by atoms with Crippen molar-refractivity contribution in [1.29, 1.82) is 0 Å². The van der Waals surface area contributed by atoms with E-state index in [2.05, 4.69) is 4.74 Å². The minimum Gasteiger partial charge on any atom is -0.394 e.